The average molecular weight is 234 g/mol. The molecule has 0 amide bonds. The molecule has 0 spiro atoms. The molecule has 0 saturated heterocycles. The highest BCUT2D eigenvalue weighted by atomic mass is 14.5. The molecule has 0 aromatic rings. The zero-order valence-corrected chi connectivity index (χ0v) is 13.0. The molecule has 0 radical (unpaired) electrons. The molecule has 0 fully saturated rings. The van der Waals surface area contributed by atoms with Crippen LogP contribution in [-0.2, 0) is 0 Å². The maximum atomic E-state index is 4.40. The van der Waals surface area contributed by atoms with E-state index in [-0.39, 0.29) is 5.41 Å². The summed E-state index contributed by atoms with van der Waals surface area (Å²) in [6.07, 6.45) is 2.42. The van der Waals surface area contributed by atoms with Crippen molar-refractivity contribution in [2.24, 2.45) is 28.6 Å². The quantitative estimate of drug-likeness (QED) is 0.522. The minimum absolute atomic E-state index is 0.272. The predicted molar refractivity (Wildman–Crippen MR) is 78.0 cm³/mol. The first-order valence-corrected chi connectivity index (χ1v) is 6.87. The van der Waals surface area contributed by atoms with Crippen molar-refractivity contribution in [1.29, 1.82) is 0 Å². The molecular weight excluding hydrogens is 204 g/mol. The summed E-state index contributed by atoms with van der Waals surface area (Å²) in [4.78, 5) is 0. The maximum absolute atomic E-state index is 4.40. The van der Waals surface area contributed by atoms with Gasteiger partial charge in [-0.2, -0.15) is 0 Å². The van der Waals surface area contributed by atoms with Gasteiger partial charge in [0, 0.05) is 0 Å². The lowest BCUT2D eigenvalue weighted by Gasteiger charge is -2.47. The third kappa shape index (κ3) is 2.51. The van der Waals surface area contributed by atoms with Gasteiger partial charge in [0.2, 0.25) is 0 Å². The summed E-state index contributed by atoms with van der Waals surface area (Å²) in [5, 5.41) is 0. The first kappa shape index (κ1) is 14.5. The van der Waals surface area contributed by atoms with E-state index >= 15 is 0 Å². The second-order valence-electron chi connectivity index (χ2n) is 7.64. The van der Waals surface area contributed by atoms with Gasteiger partial charge in [-0.15, -0.1) is 0 Å². The van der Waals surface area contributed by atoms with E-state index in [0.29, 0.717) is 23.2 Å². The SMILES string of the molecule is C=C1C(C)=CC(C)C(C)C(C)(C)C1C(C)(C)C. The molecule has 1 aliphatic rings. The Balaban J connectivity index is 3.35. The van der Waals surface area contributed by atoms with E-state index in [4.69, 9.17) is 0 Å². The number of allylic oxidation sites excluding steroid dienone is 3. The molecule has 3 atom stereocenters. The zero-order chi connectivity index (χ0) is 13.6. The van der Waals surface area contributed by atoms with Crippen LogP contribution in [0.1, 0.15) is 55.4 Å². The third-order valence-electron chi connectivity index (χ3n) is 4.94. The van der Waals surface area contributed by atoms with Gasteiger partial charge in [-0.3, -0.25) is 0 Å². The molecule has 1 aliphatic carbocycles. The van der Waals surface area contributed by atoms with Crippen LogP contribution < -0.4 is 0 Å². The van der Waals surface area contributed by atoms with Gasteiger partial charge < -0.3 is 0 Å². The van der Waals surface area contributed by atoms with Crippen molar-refractivity contribution in [3.8, 4) is 0 Å². The topological polar surface area (TPSA) is 0 Å². The highest BCUT2D eigenvalue weighted by Gasteiger charge is 2.45. The Kier molecular flexibility index (Phi) is 3.68. The summed E-state index contributed by atoms with van der Waals surface area (Å²) in [5.74, 6) is 1.86. The van der Waals surface area contributed by atoms with Gasteiger partial charge in [-0.05, 0) is 41.1 Å². The molecule has 1 rings (SSSR count). The minimum Gasteiger partial charge on any atom is -0.0953 e. The lowest BCUT2D eigenvalue weighted by Crippen LogP contribution is -2.40. The van der Waals surface area contributed by atoms with Crippen molar-refractivity contribution >= 4 is 0 Å². The number of rotatable bonds is 0. The maximum Gasteiger partial charge on any atom is -0.00625 e. The normalized spacial score (nSPS) is 34.2. The summed E-state index contributed by atoms with van der Waals surface area (Å²) in [7, 11) is 0. The lowest BCUT2D eigenvalue weighted by atomic mass is 9.57. The van der Waals surface area contributed by atoms with Crippen LogP contribution >= 0.6 is 0 Å². The summed E-state index contributed by atoms with van der Waals surface area (Å²) < 4.78 is 0. The molecule has 0 nitrogen and oxygen atoms in total. The highest BCUT2D eigenvalue weighted by Crippen LogP contribution is 2.53. The Morgan fingerprint density at radius 3 is 2.06 bits per heavy atom. The van der Waals surface area contributed by atoms with E-state index in [1.807, 2.05) is 0 Å². The van der Waals surface area contributed by atoms with Crippen LogP contribution in [0.15, 0.2) is 23.8 Å². The van der Waals surface area contributed by atoms with Crippen molar-refractivity contribution < 1.29 is 0 Å². The van der Waals surface area contributed by atoms with E-state index < -0.39 is 0 Å². The summed E-state index contributed by atoms with van der Waals surface area (Å²) in [6, 6.07) is 0. The second kappa shape index (κ2) is 4.30. The fourth-order valence-electron chi connectivity index (χ4n) is 3.90. The van der Waals surface area contributed by atoms with Crippen LogP contribution in [0.4, 0.5) is 0 Å². The molecule has 0 saturated carbocycles. The molecule has 0 bridgehead atoms. The van der Waals surface area contributed by atoms with E-state index in [1.54, 1.807) is 0 Å². The van der Waals surface area contributed by atoms with Crippen molar-refractivity contribution in [2.75, 3.05) is 0 Å². The summed E-state index contributed by atoms with van der Waals surface area (Å²) >= 11 is 0. The molecule has 0 aliphatic heterocycles. The summed E-state index contributed by atoms with van der Waals surface area (Å²) in [6.45, 7) is 23.2. The molecule has 0 heterocycles. The molecule has 0 aromatic carbocycles. The Labute approximate surface area is 108 Å². The zero-order valence-electron chi connectivity index (χ0n) is 13.0. The molecular formula is C17H30. The van der Waals surface area contributed by atoms with Gasteiger partial charge >= 0.3 is 0 Å². The van der Waals surface area contributed by atoms with E-state index in [2.05, 4.69) is 68.0 Å². The van der Waals surface area contributed by atoms with E-state index in [9.17, 15) is 0 Å². The summed E-state index contributed by atoms with van der Waals surface area (Å²) in [5.41, 5.74) is 3.31. The van der Waals surface area contributed by atoms with E-state index in [1.165, 1.54) is 11.1 Å². The Morgan fingerprint density at radius 1 is 1.18 bits per heavy atom. The van der Waals surface area contributed by atoms with Crippen molar-refractivity contribution in [2.45, 2.75) is 55.4 Å². The van der Waals surface area contributed by atoms with Crippen LogP contribution in [0.2, 0.25) is 0 Å². The Morgan fingerprint density at radius 2 is 1.65 bits per heavy atom. The van der Waals surface area contributed by atoms with Gasteiger partial charge in [-0.25, -0.2) is 0 Å². The van der Waals surface area contributed by atoms with Crippen LogP contribution in [0, 0.1) is 28.6 Å². The van der Waals surface area contributed by atoms with Gasteiger partial charge in [0.25, 0.3) is 0 Å². The van der Waals surface area contributed by atoms with Crippen LogP contribution in [0.3, 0.4) is 0 Å². The fourth-order valence-corrected chi connectivity index (χ4v) is 3.90. The van der Waals surface area contributed by atoms with Gasteiger partial charge in [-0.1, -0.05) is 66.7 Å². The smallest absolute Gasteiger partial charge is 0.00625 e. The second-order valence-corrected chi connectivity index (χ2v) is 7.64. The first-order valence-electron chi connectivity index (χ1n) is 6.87. The fraction of sp³-hybridized carbons (Fsp3) is 0.765. The van der Waals surface area contributed by atoms with Crippen molar-refractivity contribution in [3.63, 3.8) is 0 Å². The molecule has 0 aromatic heterocycles. The molecule has 0 heteroatoms. The standard InChI is InChI=1S/C17H30/c1-11-10-12(2)14(4)17(8,9)15(13(11)3)16(5,6)7/h10,12,14-15H,3H2,1-2,4-9H3. The highest BCUT2D eigenvalue weighted by molar-refractivity contribution is 5.34. The first-order chi connectivity index (χ1) is 7.49. The number of hydrogen-bond acceptors (Lipinski definition) is 0. The Hall–Kier alpha value is -0.520. The lowest BCUT2D eigenvalue weighted by molar-refractivity contribution is 0.0555. The predicted octanol–water partition coefficient (Wildman–Crippen LogP) is 5.46. The van der Waals surface area contributed by atoms with E-state index in [0.717, 1.165) is 0 Å². The van der Waals surface area contributed by atoms with Crippen molar-refractivity contribution in [3.05, 3.63) is 23.8 Å². The molecule has 0 N–H and O–H groups in total. The van der Waals surface area contributed by atoms with Crippen LogP contribution in [0.5, 0.6) is 0 Å². The molecule has 98 valence electrons. The average Bonchev–Trinajstić information content (AvgIpc) is 2.17. The van der Waals surface area contributed by atoms with Gasteiger partial charge in [0.15, 0.2) is 0 Å². The van der Waals surface area contributed by atoms with Crippen molar-refractivity contribution in [1.82, 2.24) is 0 Å². The minimum atomic E-state index is 0.272. The molecule has 17 heavy (non-hydrogen) atoms. The monoisotopic (exact) mass is 234 g/mol. The Bertz CT molecular complexity index is 336. The largest absolute Gasteiger partial charge is 0.0953 e. The van der Waals surface area contributed by atoms with Crippen LogP contribution in [0.25, 0.3) is 0 Å². The number of hydrogen-bond donors (Lipinski definition) is 0. The van der Waals surface area contributed by atoms with Crippen LogP contribution in [-0.4, -0.2) is 0 Å². The molecule has 3 unspecified atom stereocenters. The van der Waals surface area contributed by atoms with Gasteiger partial charge in [0.1, 0.15) is 0 Å². The third-order valence-corrected chi connectivity index (χ3v) is 4.94. The van der Waals surface area contributed by atoms with Gasteiger partial charge in [0.05, 0.1) is 0 Å².